The van der Waals surface area contributed by atoms with Gasteiger partial charge in [-0.05, 0) is 132 Å². The summed E-state index contributed by atoms with van der Waals surface area (Å²) in [4.78, 5) is 26.8. The molecule has 0 N–H and O–H groups in total. The molecule has 0 saturated carbocycles. The Labute approximate surface area is 349 Å². The Kier molecular flexibility index (Phi) is 18.0. The lowest BCUT2D eigenvalue weighted by atomic mass is 9.86. The number of sulfonamides is 1. The van der Waals surface area contributed by atoms with E-state index in [2.05, 4.69) is 42.9 Å². The molecule has 4 rings (SSSR count). The van der Waals surface area contributed by atoms with Crippen molar-refractivity contribution in [1.82, 2.24) is 14.1 Å². The summed E-state index contributed by atoms with van der Waals surface area (Å²) < 4.78 is 76.7. The number of rotatable bonds is 21. The fourth-order valence-electron chi connectivity index (χ4n) is 6.99. The van der Waals surface area contributed by atoms with E-state index in [9.17, 15) is 31.2 Å². The highest BCUT2D eigenvalue weighted by Gasteiger charge is 2.38. The van der Waals surface area contributed by atoms with Crippen LogP contribution in [0.15, 0.2) is 102 Å². The lowest BCUT2D eigenvalue weighted by molar-refractivity contribution is -0.141. The third-order valence-electron chi connectivity index (χ3n) is 10.6. The number of amides is 2. The highest BCUT2D eigenvalue weighted by molar-refractivity contribution is 7.90. The molecule has 0 bridgehead atoms. The molecule has 0 spiro atoms. The number of carbonyl (C=O) groups is 2. The van der Waals surface area contributed by atoms with Crippen molar-refractivity contribution >= 4 is 22.0 Å². The van der Waals surface area contributed by atoms with Gasteiger partial charge in [0.1, 0.15) is 6.61 Å². The first kappa shape index (κ1) is 47.0. The summed E-state index contributed by atoms with van der Waals surface area (Å²) in [6.45, 7) is 11.6. The maximum atomic E-state index is 14.1. The standard InChI is InChI=1S/C47H60F3N3O5S/c1-6-7-8-9-10-11-12-13-14-15-16-17-18-19-20-21-45(54)53(46(55)58-34-38-24-26-39(27-25-38)35(2)3)59(56,57)41-30-28-40(29-31-41)52-43(33-44(51-52)47(48,49)50)42-32-36(4)22-23-37(42)5/h10-11,13-14,22-24,28-33,39H,2,6-9,12,15-21,25-27,34H2,1,3-5H3/b11-10-,14-13-/t39-/m1/s1. The predicted molar refractivity (Wildman–Crippen MR) is 228 cm³/mol. The van der Waals surface area contributed by atoms with Gasteiger partial charge < -0.3 is 4.74 Å². The van der Waals surface area contributed by atoms with Crippen molar-refractivity contribution in [3.05, 3.63) is 113 Å². The largest absolute Gasteiger partial charge is 0.444 e. The quantitative estimate of drug-likeness (QED) is 0.0783. The Bertz CT molecular complexity index is 2080. The zero-order chi connectivity index (χ0) is 43.0. The summed E-state index contributed by atoms with van der Waals surface area (Å²) in [6.07, 6.45) is 17.3. The highest BCUT2D eigenvalue weighted by Crippen LogP contribution is 2.35. The molecule has 59 heavy (non-hydrogen) atoms. The molecule has 2 amide bonds. The highest BCUT2D eigenvalue weighted by atomic mass is 32.2. The number of imide groups is 1. The number of allylic oxidation sites excluding steroid dienone is 6. The first-order valence-corrected chi connectivity index (χ1v) is 22.3. The number of benzene rings is 2. The lowest BCUT2D eigenvalue weighted by Gasteiger charge is -2.24. The Morgan fingerprint density at radius 1 is 0.932 bits per heavy atom. The number of hydrogen-bond donors (Lipinski definition) is 0. The molecule has 0 radical (unpaired) electrons. The SMILES string of the molecule is C=C(C)[C@@H]1CC=C(COC(=O)N(C(=O)CCCCCCC/C=C\C/C=C\CCCCC)S(=O)(=O)c2ccc(-n3nc(C(F)(F)F)cc3-c3cc(C)ccc3C)cc2)CC1. The predicted octanol–water partition coefficient (Wildman–Crippen LogP) is 12.9. The topological polar surface area (TPSA) is 98.6 Å². The molecule has 8 nitrogen and oxygen atoms in total. The molecule has 1 aliphatic rings. The van der Waals surface area contributed by atoms with E-state index in [0.717, 1.165) is 96.5 Å². The van der Waals surface area contributed by atoms with Crippen LogP contribution in [0.2, 0.25) is 0 Å². The Balaban J connectivity index is 1.46. The number of alkyl halides is 3. The number of aryl methyl sites for hydroxylation is 2. The molecule has 0 aliphatic heterocycles. The van der Waals surface area contributed by atoms with E-state index >= 15 is 0 Å². The van der Waals surface area contributed by atoms with Crippen LogP contribution in [0.25, 0.3) is 16.9 Å². The van der Waals surface area contributed by atoms with Crippen LogP contribution in [0.5, 0.6) is 0 Å². The first-order chi connectivity index (χ1) is 28.1. The van der Waals surface area contributed by atoms with Gasteiger partial charge >= 0.3 is 12.3 Å². The van der Waals surface area contributed by atoms with Crippen LogP contribution in [0, 0.1) is 19.8 Å². The third-order valence-corrected chi connectivity index (χ3v) is 12.3. The maximum absolute atomic E-state index is 14.1. The Hall–Kier alpha value is -4.71. The number of unbranched alkanes of at least 4 members (excludes halogenated alkanes) is 8. The average Bonchev–Trinajstić information content (AvgIpc) is 3.66. The molecule has 0 fully saturated rings. The fraction of sp³-hybridized carbons (Fsp3) is 0.468. The molecule has 12 heteroatoms. The molecular formula is C47H60F3N3O5S. The van der Waals surface area contributed by atoms with Gasteiger partial charge in [0.15, 0.2) is 5.69 Å². The molecule has 0 saturated heterocycles. The number of hydrogen-bond acceptors (Lipinski definition) is 6. The summed E-state index contributed by atoms with van der Waals surface area (Å²) in [5, 5.41) is 3.84. The molecule has 1 atom stereocenters. The van der Waals surface area contributed by atoms with E-state index < -0.39 is 38.8 Å². The van der Waals surface area contributed by atoms with Crippen molar-refractivity contribution < 1.29 is 35.9 Å². The number of nitrogens with zero attached hydrogens (tertiary/aromatic N) is 3. The normalized spacial score (nSPS) is 14.8. The molecule has 320 valence electrons. The van der Waals surface area contributed by atoms with E-state index in [-0.39, 0.29) is 28.7 Å². The first-order valence-electron chi connectivity index (χ1n) is 20.9. The van der Waals surface area contributed by atoms with E-state index in [1.165, 1.54) is 31.4 Å². The average molecular weight is 836 g/mol. The van der Waals surface area contributed by atoms with E-state index in [1.807, 2.05) is 26.0 Å². The van der Waals surface area contributed by atoms with Gasteiger partial charge in [-0.1, -0.05) is 99.3 Å². The second-order valence-electron chi connectivity index (χ2n) is 15.5. The van der Waals surface area contributed by atoms with Gasteiger partial charge in [0.25, 0.3) is 10.0 Å². The van der Waals surface area contributed by atoms with Gasteiger partial charge in [-0.25, -0.2) is 17.9 Å². The van der Waals surface area contributed by atoms with Crippen LogP contribution < -0.4 is 0 Å². The van der Waals surface area contributed by atoms with E-state index in [4.69, 9.17) is 4.74 Å². The van der Waals surface area contributed by atoms with Gasteiger partial charge in [-0.15, -0.1) is 4.31 Å². The number of ether oxygens (including phenoxy) is 1. The Morgan fingerprint density at radius 2 is 1.59 bits per heavy atom. The van der Waals surface area contributed by atoms with Crippen LogP contribution in [0.1, 0.15) is 127 Å². The molecule has 1 aliphatic carbocycles. The maximum Gasteiger partial charge on any atom is 0.435 e. The van der Waals surface area contributed by atoms with Gasteiger partial charge in [-0.3, -0.25) is 4.79 Å². The van der Waals surface area contributed by atoms with Gasteiger partial charge in [-0.2, -0.15) is 18.3 Å². The summed E-state index contributed by atoms with van der Waals surface area (Å²) >= 11 is 0. The van der Waals surface area contributed by atoms with Gasteiger partial charge in [0.2, 0.25) is 5.91 Å². The Morgan fingerprint density at radius 3 is 2.22 bits per heavy atom. The van der Waals surface area contributed by atoms with Crippen molar-refractivity contribution in [2.45, 2.75) is 135 Å². The van der Waals surface area contributed by atoms with Crippen LogP contribution in [0.3, 0.4) is 0 Å². The second-order valence-corrected chi connectivity index (χ2v) is 17.3. The fourth-order valence-corrected chi connectivity index (χ4v) is 8.29. The lowest BCUT2D eigenvalue weighted by Crippen LogP contribution is -2.42. The summed E-state index contributed by atoms with van der Waals surface area (Å²) in [5.74, 6) is -0.595. The molecule has 0 unspecified atom stereocenters. The van der Waals surface area contributed by atoms with Crippen LogP contribution in [-0.4, -0.2) is 41.1 Å². The number of aromatic nitrogens is 2. The molecular weight excluding hydrogens is 776 g/mol. The van der Waals surface area contributed by atoms with Crippen molar-refractivity contribution in [3.63, 3.8) is 0 Å². The van der Waals surface area contributed by atoms with Crippen LogP contribution in [-0.2, 0) is 25.7 Å². The number of halogens is 3. The third kappa shape index (κ3) is 13.9. The molecule has 3 aromatic rings. The van der Waals surface area contributed by atoms with Crippen LogP contribution in [0.4, 0.5) is 18.0 Å². The number of carbonyl (C=O) groups excluding carboxylic acids is 2. The second kappa shape index (κ2) is 22.6. The summed E-state index contributed by atoms with van der Waals surface area (Å²) in [5.41, 5.74) is 3.19. The summed E-state index contributed by atoms with van der Waals surface area (Å²) in [7, 11) is -4.78. The minimum Gasteiger partial charge on any atom is -0.444 e. The smallest absolute Gasteiger partial charge is 0.435 e. The molecule has 1 aromatic heterocycles. The minimum atomic E-state index is -4.78. The summed E-state index contributed by atoms with van der Waals surface area (Å²) in [6, 6.07) is 11.3. The van der Waals surface area contributed by atoms with Crippen LogP contribution >= 0.6 is 0 Å². The van der Waals surface area contributed by atoms with E-state index in [1.54, 1.807) is 19.1 Å². The van der Waals surface area contributed by atoms with Crippen molar-refractivity contribution in [3.8, 4) is 16.9 Å². The molecule has 2 aromatic carbocycles. The van der Waals surface area contributed by atoms with Gasteiger partial charge in [0, 0.05) is 12.0 Å². The van der Waals surface area contributed by atoms with Crippen molar-refractivity contribution in [2.24, 2.45) is 5.92 Å². The zero-order valence-corrected chi connectivity index (χ0v) is 35.8. The van der Waals surface area contributed by atoms with Crippen molar-refractivity contribution in [2.75, 3.05) is 6.61 Å². The molecule has 1 heterocycles. The minimum absolute atomic E-state index is 0.151. The monoisotopic (exact) mass is 835 g/mol. The van der Waals surface area contributed by atoms with Crippen molar-refractivity contribution in [1.29, 1.82) is 0 Å². The van der Waals surface area contributed by atoms with Gasteiger partial charge in [0.05, 0.1) is 16.3 Å². The van der Waals surface area contributed by atoms with E-state index in [0.29, 0.717) is 30.7 Å². The zero-order valence-electron chi connectivity index (χ0n) is 35.0.